The third-order valence-electron chi connectivity index (χ3n) is 4.31. The summed E-state index contributed by atoms with van der Waals surface area (Å²) in [6.07, 6.45) is 0.260. The number of anilines is 1. The van der Waals surface area contributed by atoms with Crippen LogP contribution in [0.4, 0.5) is 5.69 Å². The van der Waals surface area contributed by atoms with E-state index in [1.165, 1.54) is 11.3 Å². The van der Waals surface area contributed by atoms with Gasteiger partial charge in [0.1, 0.15) is 0 Å². The van der Waals surface area contributed by atoms with E-state index in [9.17, 15) is 4.79 Å². The van der Waals surface area contributed by atoms with Gasteiger partial charge in [0.25, 0.3) is 0 Å². The number of H-pyrrole nitrogens is 2. The molecule has 0 spiro atoms. The maximum Gasteiger partial charge on any atom is 0.305 e. The first-order valence-electron chi connectivity index (χ1n) is 8.36. The highest BCUT2D eigenvalue weighted by Gasteiger charge is 2.16. The molecule has 0 unspecified atom stereocenters. The molecule has 1 amide bonds. The van der Waals surface area contributed by atoms with Gasteiger partial charge in [0, 0.05) is 17.1 Å². The molecule has 0 saturated heterocycles. The van der Waals surface area contributed by atoms with Crippen molar-refractivity contribution in [3.63, 3.8) is 0 Å². The van der Waals surface area contributed by atoms with E-state index in [0.29, 0.717) is 11.5 Å². The van der Waals surface area contributed by atoms with E-state index in [1.54, 1.807) is 5.51 Å². The number of ether oxygens (including phenoxy) is 2. The van der Waals surface area contributed by atoms with Crippen LogP contribution in [0.25, 0.3) is 22.6 Å². The van der Waals surface area contributed by atoms with Crippen molar-refractivity contribution in [2.75, 3.05) is 12.1 Å². The quantitative estimate of drug-likeness (QED) is 0.570. The fraction of sp³-hybridized carbons (Fsp3) is 0.105. The molecule has 8 heteroatoms. The largest absolute Gasteiger partial charge is 0.454 e. The van der Waals surface area contributed by atoms with Crippen LogP contribution in [0.5, 0.6) is 11.5 Å². The number of rotatable bonds is 4. The Morgan fingerprint density at radius 1 is 1.22 bits per heavy atom. The summed E-state index contributed by atoms with van der Waals surface area (Å²) in [5.74, 6) is 2.14. The average Bonchev–Trinajstić information content (AvgIpc) is 3.40. The molecule has 3 heterocycles. The van der Waals surface area contributed by atoms with E-state index < -0.39 is 0 Å². The van der Waals surface area contributed by atoms with Gasteiger partial charge in [0.2, 0.25) is 12.7 Å². The summed E-state index contributed by atoms with van der Waals surface area (Å²) in [6.45, 7) is 0.223. The van der Waals surface area contributed by atoms with Gasteiger partial charge >= 0.3 is 5.82 Å². The SMILES string of the molecule is O=C(Cc1ccc2c(c1)OCO2)Nc1ccc2[nH+]c(-c3cscn3)[nH]c2c1. The van der Waals surface area contributed by atoms with E-state index in [-0.39, 0.29) is 19.1 Å². The first kappa shape index (κ1) is 15.8. The van der Waals surface area contributed by atoms with E-state index in [0.717, 1.165) is 33.8 Å². The lowest BCUT2D eigenvalue weighted by atomic mass is 10.1. The number of benzene rings is 2. The molecule has 4 aromatic rings. The van der Waals surface area contributed by atoms with Gasteiger partial charge in [0.05, 0.1) is 11.9 Å². The van der Waals surface area contributed by atoms with Crippen molar-refractivity contribution < 1.29 is 19.3 Å². The number of hydrogen-bond acceptors (Lipinski definition) is 5. The van der Waals surface area contributed by atoms with Crippen molar-refractivity contribution in [1.29, 1.82) is 0 Å². The van der Waals surface area contributed by atoms with E-state index >= 15 is 0 Å². The second-order valence-corrected chi connectivity index (χ2v) is 6.89. The van der Waals surface area contributed by atoms with Crippen molar-refractivity contribution in [3.05, 3.63) is 52.9 Å². The molecule has 134 valence electrons. The number of aromatic nitrogens is 3. The zero-order valence-corrected chi connectivity index (χ0v) is 14.9. The molecular formula is C19H15N4O3S+. The monoisotopic (exact) mass is 379 g/mol. The predicted molar refractivity (Wildman–Crippen MR) is 101 cm³/mol. The molecule has 0 fully saturated rings. The van der Waals surface area contributed by atoms with Crippen LogP contribution < -0.4 is 19.8 Å². The van der Waals surface area contributed by atoms with E-state index in [1.807, 2.05) is 41.8 Å². The van der Waals surface area contributed by atoms with Gasteiger partial charge in [-0.1, -0.05) is 6.07 Å². The number of thiazole rings is 1. The number of amides is 1. The lowest BCUT2D eigenvalue weighted by Gasteiger charge is -2.05. The maximum atomic E-state index is 12.4. The highest BCUT2D eigenvalue weighted by atomic mass is 32.1. The summed E-state index contributed by atoms with van der Waals surface area (Å²) in [6, 6.07) is 11.2. The molecule has 1 aliphatic rings. The third kappa shape index (κ3) is 3.11. The molecule has 27 heavy (non-hydrogen) atoms. The molecule has 0 saturated carbocycles. The molecular weight excluding hydrogens is 364 g/mol. The number of carbonyl (C=O) groups is 1. The van der Waals surface area contributed by atoms with E-state index in [4.69, 9.17) is 9.47 Å². The maximum absolute atomic E-state index is 12.4. The van der Waals surface area contributed by atoms with Gasteiger partial charge in [-0.05, 0) is 29.8 Å². The van der Waals surface area contributed by atoms with Crippen LogP contribution >= 0.6 is 11.3 Å². The lowest BCUT2D eigenvalue weighted by molar-refractivity contribution is -0.330. The Kier molecular flexibility index (Phi) is 3.75. The van der Waals surface area contributed by atoms with Gasteiger partial charge < -0.3 is 14.8 Å². The topological polar surface area (TPSA) is 90.4 Å². The molecule has 7 nitrogen and oxygen atoms in total. The number of nitrogens with zero attached hydrogens (tertiary/aromatic N) is 1. The second kappa shape index (κ2) is 6.40. The van der Waals surface area contributed by atoms with Crippen molar-refractivity contribution in [1.82, 2.24) is 9.97 Å². The number of hydrogen-bond donors (Lipinski definition) is 2. The number of fused-ring (bicyclic) bond motifs is 2. The van der Waals surface area contributed by atoms with Gasteiger partial charge in [-0.15, -0.1) is 11.3 Å². The Bertz CT molecular complexity index is 1140. The van der Waals surface area contributed by atoms with Gasteiger partial charge in [-0.25, -0.2) is 15.0 Å². The minimum atomic E-state index is -0.0940. The van der Waals surface area contributed by atoms with Crippen LogP contribution in [0.15, 0.2) is 47.3 Å². The zero-order valence-electron chi connectivity index (χ0n) is 14.1. The summed E-state index contributed by atoms with van der Waals surface area (Å²) < 4.78 is 10.6. The highest BCUT2D eigenvalue weighted by molar-refractivity contribution is 7.07. The summed E-state index contributed by atoms with van der Waals surface area (Å²) in [7, 11) is 0. The van der Waals surface area contributed by atoms with Crippen LogP contribution in [0.1, 0.15) is 5.56 Å². The Balaban J connectivity index is 1.32. The van der Waals surface area contributed by atoms with Crippen LogP contribution in [-0.2, 0) is 11.2 Å². The average molecular weight is 379 g/mol. The van der Waals surface area contributed by atoms with Crippen molar-refractivity contribution >= 4 is 34.0 Å². The molecule has 0 aliphatic carbocycles. The van der Waals surface area contributed by atoms with Gasteiger partial charge in [-0.3, -0.25) is 4.79 Å². The summed E-state index contributed by atoms with van der Waals surface area (Å²) in [4.78, 5) is 23.3. The normalized spacial score (nSPS) is 12.4. The molecule has 0 radical (unpaired) electrons. The lowest BCUT2D eigenvalue weighted by Crippen LogP contribution is -2.14. The highest BCUT2D eigenvalue weighted by Crippen LogP contribution is 2.32. The smallest absolute Gasteiger partial charge is 0.305 e. The molecule has 3 N–H and O–H groups in total. The fourth-order valence-electron chi connectivity index (χ4n) is 3.04. The predicted octanol–water partition coefficient (Wildman–Crippen LogP) is 3.02. The Morgan fingerprint density at radius 2 is 2.15 bits per heavy atom. The van der Waals surface area contributed by atoms with Gasteiger partial charge in [-0.2, -0.15) is 0 Å². The third-order valence-corrected chi connectivity index (χ3v) is 4.90. The van der Waals surface area contributed by atoms with Crippen molar-refractivity contribution in [2.45, 2.75) is 6.42 Å². The van der Waals surface area contributed by atoms with Crippen molar-refractivity contribution in [3.8, 4) is 23.0 Å². The summed E-state index contributed by atoms with van der Waals surface area (Å²) >= 11 is 1.54. The molecule has 0 bridgehead atoms. The summed E-state index contributed by atoms with van der Waals surface area (Å²) in [5, 5.41) is 4.90. The van der Waals surface area contributed by atoms with E-state index in [2.05, 4.69) is 20.3 Å². The van der Waals surface area contributed by atoms with Crippen molar-refractivity contribution in [2.24, 2.45) is 0 Å². The number of aromatic amines is 2. The Hall–Kier alpha value is -3.39. The minimum absolute atomic E-state index is 0.0940. The number of carbonyl (C=O) groups excluding carboxylic acids is 1. The molecule has 0 atom stereocenters. The molecule has 1 aliphatic heterocycles. The first-order valence-corrected chi connectivity index (χ1v) is 9.31. The summed E-state index contributed by atoms with van der Waals surface area (Å²) in [5.41, 5.74) is 6.11. The second-order valence-electron chi connectivity index (χ2n) is 6.17. The van der Waals surface area contributed by atoms with Crippen LogP contribution in [0.2, 0.25) is 0 Å². The zero-order chi connectivity index (χ0) is 18.2. The van der Waals surface area contributed by atoms with Crippen LogP contribution in [-0.4, -0.2) is 22.7 Å². The molecule has 2 aromatic heterocycles. The standard InChI is InChI=1S/C19H14N4O3S/c24-18(6-11-1-4-16-17(5-11)26-10-25-16)21-12-2-3-13-14(7-12)23-19(22-13)15-8-27-9-20-15/h1-5,7-9H,6,10H2,(H,21,24)(H,22,23)/p+1. The Labute approximate surface area is 158 Å². The minimum Gasteiger partial charge on any atom is -0.454 e. The molecule has 5 rings (SSSR count). The van der Waals surface area contributed by atoms with Crippen LogP contribution in [0, 0.1) is 0 Å². The Morgan fingerprint density at radius 3 is 3.04 bits per heavy atom. The number of nitrogens with one attached hydrogen (secondary N) is 3. The fourth-order valence-corrected chi connectivity index (χ4v) is 3.58. The first-order chi connectivity index (χ1) is 13.2. The van der Waals surface area contributed by atoms with Gasteiger partial charge in [0.15, 0.2) is 28.2 Å². The number of imidazole rings is 1. The van der Waals surface area contributed by atoms with Crippen LogP contribution in [0.3, 0.4) is 0 Å². The molecule has 2 aromatic carbocycles.